The summed E-state index contributed by atoms with van der Waals surface area (Å²) in [5.41, 5.74) is 0.351. The third kappa shape index (κ3) is 12.4. The van der Waals surface area contributed by atoms with Crippen molar-refractivity contribution in [2.75, 3.05) is 19.8 Å². The van der Waals surface area contributed by atoms with Crippen molar-refractivity contribution in [1.29, 1.82) is 0 Å². The van der Waals surface area contributed by atoms with Crippen LogP contribution in [0.25, 0.3) is 0 Å². The van der Waals surface area contributed by atoms with E-state index in [1.54, 1.807) is 30.3 Å². The lowest BCUT2D eigenvalue weighted by atomic mass is 10.1. The van der Waals surface area contributed by atoms with Gasteiger partial charge in [0.1, 0.15) is 6.61 Å². The Morgan fingerprint density at radius 3 is 1.85 bits per heavy atom. The van der Waals surface area contributed by atoms with Crippen molar-refractivity contribution in [2.24, 2.45) is 0 Å². The lowest BCUT2D eigenvalue weighted by Crippen LogP contribution is -2.20. The fourth-order valence-electron chi connectivity index (χ4n) is 2.94. The summed E-state index contributed by atoms with van der Waals surface area (Å²) in [6, 6.07) is 8.44. The first-order chi connectivity index (χ1) is 13.3. The summed E-state index contributed by atoms with van der Waals surface area (Å²) in [4.78, 5) is 23.5. The van der Waals surface area contributed by atoms with E-state index in [1.807, 2.05) is 0 Å². The first-order valence-electron chi connectivity index (χ1n) is 10.6. The van der Waals surface area contributed by atoms with Gasteiger partial charge in [-0.05, 0) is 6.42 Å². The number of ether oxygens (including phenoxy) is 2. The summed E-state index contributed by atoms with van der Waals surface area (Å²) < 4.78 is 10.4. The van der Waals surface area contributed by atoms with E-state index in [-0.39, 0.29) is 6.61 Å². The highest BCUT2D eigenvalue weighted by molar-refractivity contribution is 6.40. The van der Waals surface area contributed by atoms with Gasteiger partial charge in [-0.3, -0.25) is 4.79 Å². The average molecular weight is 377 g/mol. The van der Waals surface area contributed by atoms with Crippen molar-refractivity contribution in [3.8, 4) is 0 Å². The minimum Gasteiger partial charge on any atom is -0.457 e. The molecule has 0 aliphatic heterocycles. The first-order valence-corrected chi connectivity index (χ1v) is 10.6. The Bertz CT molecular complexity index is 498. The van der Waals surface area contributed by atoms with Crippen LogP contribution in [0.5, 0.6) is 0 Å². The number of carbonyl (C=O) groups is 2. The maximum Gasteiger partial charge on any atom is 0.379 e. The fraction of sp³-hybridized carbons (Fsp3) is 0.652. The third-order valence-electron chi connectivity index (χ3n) is 4.57. The van der Waals surface area contributed by atoms with Crippen LogP contribution in [-0.4, -0.2) is 31.6 Å². The van der Waals surface area contributed by atoms with Crippen LogP contribution in [0.4, 0.5) is 0 Å². The van der Waals surface area contributed by atoms with E-state index in [4.69, 9.17) is 9.47 Å². The number of carbonyl (C=O) groups excluding carboxylic acids is 2. The molecule has 4 nitrogen and oxygen atoms in total. The molecule has 0 amide bonds. The largest absolute Gasteiger partial charge is 0.457 e. The Kier molecular flexibility index (Phi) is 14.3. The van der Waals surface area contributed by atoms with Gasteiger partial charge in [0.05, 0.1) is 6.61 Å². The normalized spacial score (nSPS) is 10.7. The van der Waals surface area contributed by atoms with E-state index in [1.165, 1.54) is 64.2 Å². The maximum absolute atomic E-state index is 11.8. The topological polar surface area (TPSA) is 52.6 Å². The third-order valence-corrected chi connectivity index (χ3v) is 4.57. The number of ketones is 1. The molecular formula is C23H36O4. The predicted octanol–water partition coefficient (Wildman–Crippen LogP) is 5.74. The van der Waals surface area contributed by atoms with Gasteiger partial charge in [0.25, 0.3) is 5.78 Å². The van der Waals surface area contributed by atoms with E-state index in [9.17, 15) is 9.59 Å². The van der Waals surface area contributed by atoms with E-state index >= 15 is 0 Å². The SMILES string of the molecule is CCCCCCCCCCCCCOCCOC(=O)C(=O)c1ccccc1. The molecule has 0 aliphatic carbocycles. The molecular weight excluding hydrogens is 340 g/mol. The van der Waals surface area contributed by atoms with Crippen LogP contribution in [0, 0.1) is 0 Å². The van der Waals surface area contributed by atoms with Crippen LogP contribution in [0.3, 0.4) is 0 Å². The molecule has 0 radical (unpaired) electrons. The summed E-state index contributed by atoms with van der Waals surface area (Å²) in [7, 11) is 0. The molecule has 0 spiro atoms. The lowest BCUT2D eigenvalue weighted by molar-refractivity contribution is -0.139. The molecule has 0 aromatic heterocycles. The van der Waals surface area contributed by atoms with Crippen molar-refractivity contribution in [2.45, 2.75) is 77.6 Å². The van der Waals surface area contributed by atoms with Gasteiger partial charge in [-0.2, -0.15) is 0 Å². The molecule has 0 N–H and O–H groups in total. The smallest absolute Gasteiger partial charge is 0.379 e. The fourth-order valence-corrected chi connectivity index (χ4v) is 2.94. The standard InChI is InChI=1S/C23H36O4/c1-2-3-4-5-6-7-8-9-10-11-15-18-26-19-20-27-23(25)22(24)21-16-13-12-14-17-21/h12-14,16-17H,2-11,15,18-20H2,1H3. The molecule has 27 heavy (non-hydrogen) atoms. The second-order valence-corrected chi connectivity index (χ2v) is 6.98. The van der Waals surface area contributed by atoms with E-state index in [0.717, 1.165) is 6.42 Å². The van der Waals surface area contributed by atoms with Crippen molar-refractivity contribution >= 4 is 11.8 Å². The minimum absolute atomic E-state index is 0.120. The van der Waals surface area contributed by atoms with Crippen LogP contribution in [-0.2, 0) is 14.3 Å². The van der Waals surface area contributed by atoms with Crippen molar-refractivity contribution in [3.05, 3.63) is 35.9 Å². The monoisotopic (exact) mass is 376 g/mol. The molecule has 0 fully saturated rings. The van der Waals surface area contributed by atoms with Gasteiger partial charge < -0.3 is 9.47 Å². The molecule has 0 heterocycles. The van der Waals surface area contributed by atoms with E-state index in [2.05, 4.69) is 6.92 Å². The van der Waals surface area contributed by atoms with Gasteiger partial charge in [0.15, 0.2) is 0 Å². The highest BCUT2D eigenvalue weighted by Gasteiger charge is 2.16. The number of esters is 1. The van der Waals surface area contributed by atoms with Crippen LogP contribution in [0.15, 0.2) is 30.3 Å². The van der Waals surface area contributed by atoms with Gasteiger partial charge in [-0.25, -0.2) is 4.79 Å². The highest BCUT2D eigenvalue weighted by atomic mass is 16.6. The van der Waals surface area contributed by atoms with E-state index < -0.39 is 11.8 Å². The van der Waals surface area contributed by atoms with Gasteiger partial charge >= 0.3 is 5.97 Å². The summed E-state index contributed by atoms with van der Waals surface area (Å²) in [6.07, 6.45) is 14.4. The van der Waals surface area contributed by atoms with Gasteiger partial charge in [-0.1, -0.05) is 101 Å². The Labute approximate surface area is 164 Å². The Morgan fingerprint density at radius 1 is 0.704 bits per heavy atom. The first kappa shape index (κ1) is 23.4. The average Bonchev–Trinajstić information content (AvgIpc) is 2.70. The number of benzene rings is 1. The zero-order valence-corrected chi connectivity index (χ0v) is 16.9. The Hall–Kier alpha value is -1.68. The van der Waals surface area contributed by atoms with Crippen molar-refractivity contribution in [1.82, 2.24) is 0 Å². The van der Waals surface area contributed by atoms with Crippen LogP contribution >= 0.6 is 0 Å². The highest BCUT2D eigenvalue weighted by Crippen LogP contribution is 2.11. The Morgan fingerprint density at radius 2 is 1.26 bits per heavy atom. The zero-order valence-electron chi connectivity index (χ0n) is 16.9. The molecule has 0 unspecified atom stereocenters. The number of rotatable bonds is 17. The van der Waals surface area contributed by atoms with Crippen LogP contribution < -0.4 is 0 Å². The summed E-state index contributed by atoms with van der Waals surface area (Å²) in [5.74, 6) is -1.43. The molecule has 0 bridgehead atoms. The molecule has 0 saturated carbocycles. The molecule has 0 saturated heterocycles. The van der Waals surface area contributed by atoms with Gasteiger partial charge in [0.2, 0.25) is 0 Å². The second kappa shape index (κ2) is 16.5. The second-order valence-electron chi connectivity index (χ2n) is 6.98. The molecule has 0 aliphatic rings. The molecule has 152 valence electrons. The number of hydrogen-bond acceptors (Lipinski definition) is 4. The van der Waals surface area contributed by atoms with Crippen molar-refractivity contribution in [3.63, 3.8) is 0 Å². The summed E-state index contributed by atoms with van der Waals surface area (Å²) in [6.45, 7) is 3.39. The maximum atomic E-state index is 11.8. The van der Waals surface area contributed by atoms with Gasteiger partial charge in [0, 0.05) is 12.2 Å². The predicted molar refractivity (Wildman–Crippen MR) is 109 cm³/mol. The quantitative estimate of drug-likeness (QED) is 0.151. The minimum atomic E-state index is -0.820. The molecule has 1 aromatic carbocycles. The molecule has 1 rings (SSSR count). The lowest BCUT2D eigenvalue weighted by Gasteiger charge is -2.06. The Balaban J connectivity index is 1.85. The van der Waals surface area contributed by atoms with Crippen LogP contribution in [0.1, 0.15) is 87.9 Å². The van der Waals surface area contributed by atoms with E-state index in [0.29, 0.717) is 18.8 Å². The molecule has 4 heteroatoms. The molecule has 1 aromatic rings. The van der Waals surface area contributed by atoms with Crippen molar-refractivity contribution < 1.29 is 19.1 Å². The molecule has 0 atom stereocenters. The van der Waals surface area contributed by atoms with Crippen LogP contribution in [0.2, 0.25) is 0 Å². The number of hydrogen-bond donors (Lipinski definition) is 0. The number of Topliss-reactive ketones (excluding diaryl/α,β-unsaturated/α-hetero) is 1. The number of unbranched alkanes of at least 4 members (excludes halogenated alkanes) is 10. The summed E-state index contributed by atoms with van der Waals surface area (Å²) in [5, 5.41) is 0. The zero-order chi connectivity index (χ0) is 19.6. The van der Waals surface area contributed by atoms with Gasteiger partial charge in [-0.15, -0.1) is 0 Å². The summed E-state index contributed by atoms with van der Waals surface area (Å²) >= 11 is 0.